The summed E-state index contributed by atoms with van der Waals surface area (Å²) >= 11 is 1.79. The molecule has 21 heavy (non-hydrogen) atoms. The van der Waals surface area contributed by atoms with Gasteiger partial charge in [-0.05, 0) is 25.5 Å². The molecule has 2 rings (SSSR count). The molecule has 0 saturated heterocycles. The molecule has 1 saturated carbocycles. The highest BCUT2D eigenvalue weighted by atomic mass is 32.2. The summed E-state index contributed by atoms with van der Waals surface area (Å²) in [5.74, 6) is -2.16. The van der Waals surface area contributed by atoms with Crippen molar-refractivity contribution in [3.8, 4) is 5.75 Å². The first-order valence-corrected chi connectivity index (χ1v) is 7.95. The van der Waals surface area contributed by atoms with Gasteiger partial charge in [0.15, 0.2) is 17.4 Å². The number of hydrogen-bond acceptors (Lipinski definition) is 3. The Balaban J connectivity index is 1.94. The Kier molecular flexibility index (Phi) is 5.27. The van der Waals surface area contributed by atoms with Crippen LogP contribution in [0.2, 0.25) is 0 Å². The topological polar surface area (TPSA) is 50.4 Å². The molecule has 2 atom stereocenters. The molecule has 7 heteroatoms. The maximum absolute atomic E-state index is 13.5. The lowest BCUT2D eigenvalue weighted by Crippen LogP contribution is -2.36. The number of methoxy groups -OCH3 is 1. The monoisotopic (exact) mass is 316 g/mol. The first-order chi connectivity index (χ1) is 10.0. The number of benzene rings is 1. The number of thioether (sulfide) groups is 1. The number of urea groups is 1. The zero-order valence-electron chi connectivity index (χ0n) is 11.9. The molecule has 0 aromatic heterocycles. The number of nitrogens with one attached hydrogen (secondary N) is 2. The third-order valence-corrected chi connectivity index (χ3v) is 4.61. The lowest BCUT2D eigenvalue weighted by Gasteiger charge is -2.14. The van der Waals surface area contributed by atoms with Gasteiger partial charge in [-0.1, -0.05) is 0 Å². The van der Waals surface area contributed by atoms with Crippen LogP contribution >= 0.6 is 11.8 Å². The molecular weight excluding hydrogens is 298 g/mol. The van der Waals surface area contributed by atoms with E-state index >= 15 is 0 Å². The van der Waals surface area contributed by atoms with Gasteiger partial charge >= 0.3 is 6.03 Å². The van der Waals surface area contributed by atoms with E-state index < -0.39 is 23.4 Å². The summed E-state index contributed by atoms with van der Waals surface area (Å²) in [6, 6.07) is 1.71. The maximum atomic E-state index is 13.5. The van der Waals surface area contributed by atoms with Gasteiger partial charge in [0, 0.05) is 29.1 Å². The molecule has 2 N–H and O–H groups in total. The van der Waals surface area contributed by atoms with Crippen molar-refractivity contribution in [2.75, 3.05) is 18.7 Å². The van der Waals surface area contributed by atoms with Crippen molar-refractivity contribution in [1.29, 1.82) is 0 Å². The predicted octanol–water partition coefficient (Wildman–Crippen LogP) is 3.38. The molecule has 1 aromatic rings. The van der Waals surface area contributed by atoms with E-state index in [0.717, 1.165) is 31.4 Å². The molecule has 1 fully saturated rings. The molecule has 1 aromatic carbocycles. The van der Waals surface area contributed by atoms with E-state index in [-0.39, 0.29) is 11.7 Å². The fraction of sp³-hybridized carbons (Fsp3) is 0.500. The number of ether oxygens (including phenoxy) is 1. The molecule has 0 spiro atoms. The molecule has 2 amide bonds. The molecule has 0 unspecified atom stereocenters. The van der Waals surface area contributed by atoms with Crippen molar-refractivity contribution >= 4 is 23.5 Å². The number of carbonyl (C=O) groups excluding carboxylic acids is 1. The summed E-state index contributed by atoms with van der Waals surface area (Å²) in [7, 11) is 1.18. The maximum Gasteiger partial charge on any atom is 0.319 e. The normalized spacial score (nSPS) is 21.1. The molecule has 0 aliphatic heterocycles. The highest BCUT2D eigenvalue weighted by Gasteiger charge is 2.25. The van der Waals surface area contributed by atoms with E-state index in [1.54, 1.807) is 11.8 Å². The summed E-state index contributed by atoms with van der Waals surface area (Å²) < 4.78 is 31.6. The summed E-state index contributed by atoms with van der Waals surface area (Å²) in [6.07, 6.45) is 4.96. The van der Waals surface area contributed by atoms with E-state index in [1.807, 2.05) is 0 Å². The van der Waals surface area contributed by atoms with Gasteiger partial charge in [0.05, 0.1) is 7.11 Å². The van der Waals surface area contributed by atoms with Crippen LogP contribution in [-0.4, -0.2) is 30.7 Å². The lowest BCUT2D eigenvalue weighted by atomic mass is 10.2. The fourth-order valence-corrected chi connectivity index (χ4v) is 3.26. The lowest BCUT2D eigenvalue weighted by molar-refractivity contribution is 0.248. The van der Waals surface area contributed by atoms with Crippen LogP contribution in [0.4, 0.5) is 19.3 Å². The molecule has 116 valence electrons. The average Bonchev–Trinajstić information content (AvgIpc) is 2.85. The van der Waals surface area contributed by atoms with Gasteiger partial charge in [0.2, 0.25) is 0 Å². The van der Waals surface area contributed by atoms with Crippen molar-refractivity contribution in [2.45, 2.75) is 30.6 Å². The molecular formula is C14H18F2N2O2S. The van der Waals surface area contributed by atoms with Gasteiger partial charge in [-0.2, -0.15) is 11.8 Å². The van der Waals surface area contributed by atoms with Crippen LogP contribution < -0.4 is 15.4 Å². The van der Waals surface area contributed by atoms with E-state index in [2.05, 4.69) is 21.6 Å². The Hall–Kier alpha value is -1.50. The zero-order chi connectivity index (χ0) is 15.4. The average molecular weight is 316 g/mol. The van der Waals surface area contributed by atoms with Gasteiger partial charge < -0.3 is 15.4 Å². The summed E-state index contributed by atoms with van der Waals surface area (Å²) in [6.45, 7) is 0. The van der Waals surface area contributed by atoms with E-state index in [0.29, 0.717) is 5.25 Å². The molecule has 1 aliphatic rings. The minimum atomic E-state index is -0.851. The van der Waals surface area contributed by atoms with Gasteiger partial charge in [0.25, 0.3) is 0 Å². The fourth-order valence-electron chi connectivity index (χ4n) is 2.46. The molecule has 0 bridgehead atoms. The Bertz CT molecular complexity index is 505. The van der Waals surface area contributed by atoms with Crippen molar-refractivity contribution in [3.05, 3.63) is 23.8 Å². The van der Waals surface area contributed by atoms with Gasteiger partial charge in [-0.3, -0.25) is 0 Å². The van der Waals surface area contributed by atoms with E-state index in [4.69, 9.17) is 0 Å². The predicted molar refractivity (Wildman–Crippen MR) is 80.0 cm³/mol. The molecule has 0 radical (unpaired) electrons. The van der Waals surface area contributed by atoms with Crippen LogP contribution in [0, 0.1) is 11.6 Å². The third-order valence-electron chi connectivity index (χ3n) is 3.51. The van der Waals surface area contributed by atoms with Crippen LogP contribution in [0.5, 0.6) is 5.75 Å². The highest BCUT2D eigenvalue weighted by Crippen LogP contribution is 2.28. The number of carbonyl (C=O) groups is 1. The third kappa shape index (κ3) is 4.00. The van der Waals surface area contributed by atoms with Crippen LogP contribution in [0.25, 0.3) is 0 Å². The Morgan fingerprint density at radius 1 is 1.33 bits per heavy atom. The SMILES string of the molecule is COc1c(F)cc(NC(=O)N[C@@H]2CC[C@H](SC)C2)cc1F. The Morgan fingerprint density at radius 2 is 2.00 bits per heavy atom. The second-order valence-electron chi connectivity index (χ2n) is 4.94. The number of anilines is 1. The van der Waals surface area contributed by atoms with Gasteiger partial charge in [-0.15, -0.1) is 0 Å². The smallest absolute Gasteiger partial charge is 0.319 e. The van der Waals surface area contributed by atoms with Crippen LogP contribution in [0.3, 0.4) is 0 Å². The number of halogens is 2. The highest BCUT2D eigenvalue weighted by molar-refractivity contribution is 7.99. The van der Waals surface area contributed by atoms with Crippen LogP contribution in [-0.2, 0) is 0 Å². The number of rotatable bonds is 4. The zero-order valence-corrected chi connectivity index (χ0v) is 12.7. The second kappa shape index (κ2) is 6.98. The molecule has 4 nitrogen and oxygen atoms in total. The summed E-state index contributed by atoms with van der Waals surface area (Å²) in [4.78, 5) is 11.8. The van der Waals surface area contributed by atoms with Crippen LogP contribution in [0.15, 0.2) is 12.1 Å². The minimum Gasteiger partial charge on any atom is -0.491 e. The standard InChI is InChI=1S/C14H18F2N2O2S/c1-20-13-11(15)6-9(7-12(13)16)18-14(19)17-8-3-4-10(5-8)21-2/h6-8,10H,3-5H2,1-2H3,(H2,17,18,19)/t8-,10+/m1/s1. The first-order valence-electron chi connectivity index (χ1n) is 6.66. The van der Waals surface area contributed by atoms with Crippen molar-refractivity contribution in [2.24, 2.45) is 0 Å². The van der Waals surface area contributed by atoms with Gasteiger partial charge in [0.1, 0.15) is 0 Å². The van der Waals surface area contributed by atoms with Crippen molar-refractivity contribution in [3.63, 3.8) is 0 Å². The van der Waals surface area contributed by atoms with Crippen molar-refractivity contribution in [1.82, 2.24) is 5.32 Å². The second-order valence-corrected chi connectivity index (χ2v) is 6.08. The molecule has 0 heterocycles. The first kappa shape index (κ1) is 15.9. The van der Waals surface area contributed by atoms with Crippen molar-refractivity contribution < 1.29 is 18.3 Å². The quantitative estimate of drug-likeness (QED) is 0.895. The number of amides is 2. The number of hydrogen-bond donors (Lipinski definition) is 2. The summed E-state index contributed by atoms with van der Waals surface area (Å²) in [5, 5.41) is 5.82. The molecule has 1 aliphatic carbocycles. The minimum absolute atomic E-state index is 0.0581. The Morgan fingerprint density at radius 3 is 2.52 bits per heavy atom. The van der Waals surface area contributed by atoms with Crippen LogP contribution in [0.1, 0.15) is 19.3 Å². The van der Waals surface area contributed by atoms with E-state index in [1.165, 1.54) is 7.11 Å². The Labute approximate surface area is 126 Å². The van der Waals surface area contributed by atoms with E-state index in [9.17, 15) is 13.6 Å². The summed E-state index contributed by atoms with van der Waals surface area (Å²) in [5.41, 5.74) is 0.0581. The largest absolute Gasteiger partial charge is 0.491 e. The van der Waals surface area contributed by atoms with Gasteiger partial charge in [-0.25, -0.2) is 13.6 Å².